The zero-order chi connectivity index (χ0) is 21.3. The molecule has 2 aliphatic rings. The summed E-state index contributed by atoms with van der Waals surface area (Å²) < 4.78 is 34.5. The quantitative estimate of drug-likeness (QED) is 0.772. The molecule has 2 atom stereocenters. The maximum Gasteiger partial charge on any atom is 0.245 e. The summed E-state index contributed by atoms with van der Waals surface area (Å²) in [5, 5.41) is 3.33. The number of benzene rings is 1. The molecule has 162 valence electrons. The SMILES string of the molecule is CCc1ncc(-c2ccc3c(c2)CNCCO3)cc1S(=O)(=O)N1CCCC(N)C1C. The number of pyridine rings is 1. The lowest BCUT2D eigenvalue weighted by Gasteiger charge is -2.36. The molecule has 0 spiro atoms. The van der Waals surface area contributed by atoms with Crippen LogP contribution >= 0.6 is 0 Å². The average molecular weight is 431 g/mol. The maximum atomic E-state index is 13.6. The van der Waals surface area contributed by atoms with Gasteiger partial charge in [0.25, 0.3) is 0 Å². The molecule has 0 bridgehead atoms. The van der Waals surface area contributed by atoms with E-state index in [9.17, 15) is 8.42 Å². The van der Waals surface area contributed by atoms with Gasteiger partial charge < -0.3 is 15.8 Å². The Labute approximate surface area is 178 Å². The Hall–Kier alpha value is -2.00. The number of nitrogens with one attached hydrogen (secondary N) is 1. The van der Waals surface area contributed by atoms with Crippen LogP contribution in [-0.2, 0) is 23.0 Å². The van der Waals surface area contributed by atoms with E-state index in [1.807, 2.05) is 32.0 Å². The van der Waals surface area contributed by atoms with Gasteiger partial charge in [0.2, 0.25) is 10.0 Å². The summed E-state index contributed by atoms with van der Waals surface area (Å²) in [4.78, 5) is 4.81. The number of nitrogens with two attached hydrogens (primary N) is 1. The van der Waals surface area contributed by atoms with Crippen LogP contribution in [0.2, 0.25) is 0 Å². The monoisotopic (exact) mass is 430 g/mol. The van der Waals surface area contributed by atoms with Crippen LogP contribution < -0.4 is 15.8 Å². The fourth-order valence-corrected chi connectivity index (χ4v) is 6.21. The normalized spacial score (nSPS) is 22.8. The summed E-state index contributed by atoms with van der Waals surface area (Å²) in [6, 6.07) is 7.35. The molecular formula is C22H30N4O3S. The number of aromatic nitrogens is 1. The lowest BCUT2D eigenvalue weighted by atomic mass is 10.0. The van der Waals surface area contributed by atoms with E-state index in [1.165, 1.54) is 0 Å². The van der Waals surface area contributed by atoms with E-state index in [0.29, 0.717) is 25.3 Å². The highest BCUT2D eigenvalue weighted by Crippen LogP contribution is 2.32. The van der Waals surface area contributed by atoms with Gasteiger partial charge in [0.05, 0.1) is 5.69 Å². The Bertz CT molecular complexity index is 1030. The zero-order valence-electron chi connectivity index (χ0n) is 17.6. The van der Waals surface area contributed by atoms with Crippen molar-refractivity contribution in [3.05, 3.63) is 41.7 Å². The molecule has 30 heavy (non-hydrogen) atoms. The summed E-state index contributed by atoms with van der Waals surface area (Å²) >= 11 is 0. The van der Waals surface area contributed by atoms with Crippen molar-refractivity contribution in [3.8, 4) is 16.9 Å². The molecule has 4 rings (SSSR count). The van der Waals surface area contributed by atoms with Crippen LogP contribution in [0.25, 0.3) is 11.1 Å². The van der Waals surface area contributed by atoms with Crippen LogP contribution in [0, 0.1) is 0 Å². The van der Waals surface area contributed by atoms with E-state index < -0.39 is 10.0 Å². The van der Waals surface area contributed by atoms with Gasteiger partial charge in [-0.2, -0.15) is 4.31 Å². The van der Waals surface area contributed by atoms with Crippen molar-refractivity contribution in [3.63, 3.8) is 0 Å². The fourth-order valence-electron chi connectivity index (χ4n) is 4.22. The zero-order valence-corrected chi connectivity index (χ0v) is 18.4. The summed E-state index contributed by atoms with van der Waals surface area (Å²) in [6.07, 6.45) is 3.93. The average Bonchev–Trinajstić information content (AvgIpc) is 3.00. The van der Waals surface area contributed by atoms with Gasteiger partial charge in [-0.15, -0.1) is 0 Å². The standard InChI is InChI=1S/C22H30N4O3S/c1-3-20-22(30(27,28)26-9-4-5-19(23)15(26)2)12-17(14-25-20)16-6-7-21-18(11-16)13-24-8-10-29-21/h6-7,11-12,14-15,19,24H,3-5,8-10,13,23H2,1-2H3. The third-order valence-corrected chi connectivity index (χ3v) is 8.13. The van der Waals surface area contributed by atoms with Crippen molar-refractivity contribution in [1.29, 1.82) is 0 Å². The topological polar surface area (TPSA) is 97.5 Å². The van der Waals surface area contributed by atoms with Crippen molar-refractivity contribution >= 4 is 10.0 Å². The van der Waals surface area contributed by atoms with E-state index in [1.54, 1.807) is 16.6 Å². The minimum Gasteiger partial charge on any atom is -0.492 e. The third-order valence-electron chi connectivity index (χ3n) is 6.09. The first-order valence-corrected chi connectivity index (χ1v) is 12.1. The lowest BCUT2D eigenvalue weighted by Crippen LogP contribution is -2.52. The van der Waals surface area contributed by atoms with E-state index in [0.717, 1.165) is 48.4 Å². The van der Waals surface area contributed by atoms with Crippen molar-refractivity contribution in [2.45, 2.75) is 56.6 Å². The van der Waals surface area contributed by atoms with Gasteiger partial charge in [-0.3, -0.25) is 4.98 Å². The molecule has 0 amide bonds. The van der Waals surface area contributed by atoms with Crippen LogP contribution in [0.15, 0.2) is 35.4 Å². The Morgan fingerprint density at radius 3 is 2.93 bits per heavy atom. The van der Waals surface area contributed by atoms with Crippen LogP contribution in [0.5, 0.6) is 5.75 Å². The van der Waals surface area contributed by atoms with E-state index in [2.05, 4.69) is 10.3 Å². The number of sulfonamides is 1. The lowest BCUT2D eigenvalue weighted by molar-refractivity contribution is 0.238. The highest BCUT2D eigenvalue weighted by Gasteiger charge is 2.36. The van der Waals surface area contributed by atoms with Crippen LogP contribution in [0.4, 0.5) is 0 Å². The molecule has 1 aromatic heterocycles. The molecule has 2 aromatic rings. The number of ether oxygens (including phenoxy) is 1. The molecule has 1 fully saturated rings. The largest absolute Gasteiger partial charge is 0.492 e. The number of piperidine rings is 1. The van der Waals surface area contributed by atoms with Crippen molar-refractivity contribution in [2.75, 3.05) is 19.7 Å². The first kappa shape index (κ1) is 21.2. The molecule has 7 nitrogen and oxygen atoms in total. The summed E-state index contributed by atoms with van der Waals surface area (Å²) in [7, 11) is -3.69. The summed E-state index contributed by atoms with van der Waals surface area (Å²) in [5.41, 5.74) is 9.53. The number of aryl methyl sites for hydroxylation is 1. The minimum absolute atomic E-state index is 0.146. The van der Waals surface area contributed by atoms with Gasteiger partial charge in [-0.25, -0.2) is 8.42 Å². The molecule has 8 heteroatoms. The Balaban J connectivity index is 1.75. The molecule has 3 heterocycles. The number of fused-ring (bicyclic) bond motifs is 1. The second kappa shape index (κ2) is 8.63. The molecule has 0 aliphatic carbocycles. The van der Waals surface area contributed by atoms with Crippen LogP contribution in [-0.4, -0.2) is 49.5 Å². The number of rotatable bonds is 4. The number of hydrogen-bond donors (Lipinski definition) is 2. The highest BCUT2D eigenvalue weighted by molar-refractivity contribution is 7.89. The third kappa shape index (κ3) is 3.97. The van der Waals surface area contributed by atoms with Crippen LogP contribution in [0.1, 0.15) is 37.9 Å². The highest BCUT2D eigenvalue weighted by atomic mass is 32.2. The predicted molar refractivity (Wildman–Crippen MR) is 117 cm³/mol. The van der Waals surface area contributed by atoms with E-state index in [4.69, 9.17) is 10.5 Å². The second-order valence-electron chi connectivity index (χ2n) is 8.03. The molecule has 0 saturated carbocycles. The summed E-state index contributed by atoms with van der Waals surface area (Å²) in [5.74, 6) is 0.867. The Morgan fingerprint density at radius 1 is 1.30 bits per heavy atom. The molecule has 2 unspecified atom stereocenters. The number of hydrogen-bond acceptors (Lipinski definition) is 6. The number of nitrogens with zero attached hydrogens (tertiary/aromatic N) is 2. The predicted octanol–water partition coefficient (Wildman–Crippen LogP) is 2.29. The fraction of sp³-hybridized carbons (Fsp3) is 0.500. The second-order valence-corrected chi connectivity index (χ2v) is 9.89. The Kier molecular flexibility index (Phi) is 6.11. The van der Waals surface area contributed by atoms with Gasteiger partial charge in [0, 0.05) is 49.0 Å². The van der Waals surface area contributed by atoms with Gasteiger partial charge in [-0.05, 0) is 49.9 Å². The molecule has 2 aliphatic heterocycles. The van der Waals surface area contributed by atoms with Crippen molar-refractivity contribution in [2.24, 2.45) is 5.73 Å². The smallest absolute Gasteiger partial charge is 0.245 e. The van der Waals surface area contributed by atoms with Gasteiger partial charge >= 0.3 is 0 Å². The van der Waals surface area contributed by atoms with E-state index >= 15 is 0 Å². The van der Waals surface area contributed by atoms with Gasteiger partial charge in [0.15, 0.2) is 0 Å². The molecular weight excluding hydrogens is 400 g/mol. The Morgan fingerprint density at radius 2 is 2.13 bits per heavy atom. The van der Waals surface area contributed by atoms with Gasteiger partial charge in [0.1, 0.15) is 17.3 Å². The first-order chi connectivity index (χ1) is 14.4. The van der Waals surface area contributed by atoms with Crippen molar-refractivity contribution in [1.82, 2.24) is 14.6 Å². The minimum atomic E-state index is -3.69. The molecule has 1 saturated heterocycles. The summed E-state index contributed by atoms with van der Waals surface area (Å²) in [6.45, 7) is 6.47. The first-order valence-electron chi connectivity index (χ1n) is 10.6. The molecule has 1 aromatic carbocycles. The molecule has 0 radical (unpaired) electrons. The maximum absolute atomic E-state index is 13.6. The van der Waals surface area contributed by atoms with Gasteiger partial charge in [-0.1, -0.05) is 13.0 Å². The van der Waals surface area contributed by atoms with Crippen molar-refractivity contribution < 1.29 is 13.2 Å². The molecule has 3 N–H and O–H groups in total. The van der Waals surface area contributed by atoms with Crippen LogP contribution in [0.3, 0.4) is 0 Å². The van der Waals surface area contributed by atoms with E-state index in [-0.39, 0.29) is 17.0 Å².